The number of aryl methyl sites for hydroxylation is 1. The Balaban J connectivity index is 1.65. The Morgan fingerprint density at radius 3 is 2.92 bits per heavy atom. The second-order valence-electron chi connectivity index (χ2n) is 5.60. The van der Waals surface area contributed by atoms with Gasteiger partial charge in [0.2, 0.25) is 5.91 Å². The number of esters is 1. The Hall–Kier alpha value is -2.61. The van der Waals surface area contributed by atoms with Crippen LogP contribution in [0.15, 0.2) is 24.3 Å². The highest BCUT2D eigenvalue weighted by molar-refractivity contribution is 7.07. The van der Waals surface area contributed by atoms with Crippen LogP contribution in [-0.2, 0) is 16.0 Å². The van der Waals surface area contributed by atoms with Crippen molar-refractivity contribution in [1.29, 1.82) is 0 Å². The zero-order chi connectivity index (χ0) is 17.8. The number of nitrogens with zero attached hydrogens (tertiary/aromatic N) is 3. The highest BCUT2D eigenvalue weighted by Crippen LogP contribution is 2.22. The van der Waals surface area contributed by atoms with Gasteiger partial charge in [-0.3, -0.25) is 9.59 Å². The number of hydrogen-bond donors (Lipinski definition) is 0. The van der Waals surface area contributed by atoms with Crippen LogP contribution < -0.4 is 4.90 Å². The minimum Gasteiger partial charge on any atom is -0.453 e. The topological polar surface area (TPSA) is 89.5 Å². The van der Waals surface area contributed by atoms with Crippen LogP contribution in [0.2, 0.25) is 0 Å². The highest BCUT2D eigenvalue weighted by atomic mass is 32.1. The number of anilines is 1. The van der Waals surface area contributed by atoms with Crippen molar-refractivity contribution in [2.24, 2.45) is 0 Å². The molecule has 0 unspecified atom stereocenters. The Bertz CT molecular complexity index is 818. The number of carbonyl (C=O) groups is 3. The number of ketones is 1. The summed E-state index contributed by atoms with van der Waals surface area (Å²) in [5.41, 5.74) is 1.67. The second kappa shape index (κ2) is 7.52. The molecule has 1 aliphatic heterocycles. The Kier molecular flexibility index (Phi) is 5.18. The average molecular weight is 359 g/mol. The number of ether oxygens (including phenoxy) is 1. The lowest BCUT2D eigenvalue weighted by molar-refractivity contribution is -0.117. The van der Waals surface area contributed by atoms with E-state index >= 15 is 0 Å². The molecule has 2 aromatic rings. The Morgan fingerprint density at radius 1 is 1.36 bits per heavy atom. The van der Waals surface area contributed by atoms with Gasteiger partial charge < -0.3 is 9.64 Å². The van der Waals surface area contributed by atoms with Crippen LogP contribution in [0.25, 0.3) is 0 Å². The van der Waals surface area contributed by atoms with Gasteiger partial charge in [0.05, 0.1) is 5.69 Å². The lowest BCUT2D eigenvalue weighted by Gasteiger charge is -2.16. The number of rotatable bonds is 6. The fourth-order valence-corrected chi connectivity index (χ4v) is 3.29. The van der Waals surface area contributed by atoms with Crippen LogP contribution in [0.3, 0.4) is 0 Å². The number of Topliss-reactive ketones (excluding diaryl/α,β-unsaturated/α-hetero) is 1. The maximum Gasteiger partial charge on any atom is 0.352 e. The van der Waals surface area contributed by atoms with Crippen molar-refractivity contribution in [3.63, 3.8) is 0 Å². The molecule has 130 valence electrons. The van der Waals surface area contributed by atoms with Gasteiger partial charge in [-0.15, -0.1) is 5.10 Å². The lowest BCUT2D eigenvalue weighted by atomic mass is 10.1. The first kappa shape index (κ1) is 17.2. The van der Waals surface area contributed by atoms with Crippen molar-refractivity contribution < 1.29 is 19.1 Å². The maximum atomic E-state index is 12.3. The summed E-state index contributed by atoms with van der Waals surface area (Å²) in [5.74, 6) is -0.857. The standard InChI is InChI=1S/C17H17N3O4S/c1-2-13-16(25-19-18-13)17(23)24-10-14(21)11-5-3-6-12(9-11)20-8-4-7-15(20)22/h3,5-6,9H,2,4,7-8,10H2,1H3. The van der Waals surface area contributed by atoms with E-state index in [0.29, 0.717) is 41.2 Å². The summed E-state index contributed by atoms with van der Waals surface area (Å²) < 4.78 is 8.82. The molecule has 25 heavy (non-hydrogen) atoms. The molecule has 3 rings (SSSR count). The molecule has 1 saturated heterocycles. The van der Waals surface area contributed by atoms with E-state index in [1.807, 2.05) is 6.92 Å². The predicted molar refractivity (Wildman–Crippen MR) is 91.9 cm³/mol. The van der Waals surface area contributed by atoms with Gasteiger partial charge in [0.15, 0.2) is 17.3 Å². The molecule has 2 heterocycles. The first-order valence-electron chi connectivity index (χ1n) is 8.02. The fourth-order valence-electron chi connectivity index (χ4n) is 2.64. The summed E-state index contributed by atoms with van der Waals surface area (Å²) in [6.07, 6.45) is 1.91. The number of aromatic nitrogens is 2. The number of hydrogen-bond acceptors (Lipinski definition) is 7. The van der Waals surface area contributed by atoms with Crippen LogP contribution in [0.1, 0.15) is 45.5 Å². The van der Waals surface area contributed by atoms with Crippen molar-refractivity contribution in [2.45, 2.75) is 26.2 Å². The molecular weight excluding hydrogens is 342 g/mol. The molecule has 0 N–H and O–H groups in total. The predicted octanol–water partition coefficient (Wildman–Crippen LogP) is 2.27. The molecule has 0 radical (unpaired) electrons. The minimum absolute atomic E-state index is 0.0563. The van der Waals surface area contributed by atoms with Gasteiger partial charge in [0, 0.05) is 24.2 Å². The molecular formula is C17H17N3O4S. The SMILES string of the molecule is CCc1nnsc1C(=O)OCC(=O)c1cccc(N2CCCC2=O)c1. The van der Waals surface area contributed by atoms with Gasteiger partial charge in [-0.2, -0.15) is 0 Å². The first-order valence-corrected chi connectivity index (χ1v) is 8.79. The van der Waals surface area contributed by atoms with Crippen molar-refractivity contribution in [2.75, 3.05) is 18.1 Å². The quantitative estimate of drug-likeness (QED) is 0.581. The maximum absolute atomic E-state index is 12.3. The van der Waals surface area contributed by atoms with Crippen LogP contribution in [0, 0.1) is 0 Å². The minimum atomic E-state index is -0.592. The van der Waals surface area contributed by atoms with Crippen molar-refractivity contribution in [3.8, 4) is 0 Å². The molecule has 1 aromatic heterocycles. The molecule has 0 spiro atoms. The fraction of sp³-hybridized carbons (Fsp3) is 0.353. The van der Waals surface area contributed by atoms with Crippen LogP contribution in [-0.4, -0.2) is 40.4 Å². The third-order valence-corrected chi connectivity index (χ3v) is 4.71. The summed E-state index contributed by atoms with van der Waals surface area (Å²) in [5, 5.41) is 3.85. The summed E-state index contributed by atoms with van der Waals surface area (Å²) >= 11 is 0.958. The summed E-state index contributed by atoms with van der Waals surface area (Å²) in [6.45, 7) is 2.16. The molecule has 7 nitrogen and oxygen atoms in total. The summed E-state index contributed by atoms with van der Waals surface area (Å²) in [6, 6.07) is 6.82. The van der Waals surface area contributed by atoms with E-state index in [9.17, 15) is 14.4 Å². The molecule has 0 aliphatic carbocycles. The average Bonchev–Trinajstić information content (AvgIpc) is 3.28. The molecule has 1 aromatic carbocycles. The zero-order valence-electron chi connectivity index (χ0n) is 13.7. The monoisotopic (exact) mass is 359 g/mol. The van der Waals surface area contributed by atoms with Crippen molar-refractivity contribution in [3.05, 3.63) is 40.4 Å². The van der Waals surface area contributed by atoms with Crippen LogP contribution >= 0.6 is 11.5 Å². The van der Waals surface area contributed by atoms with E-state index in [1.165, 1.54) is 0 Å². The van der Waals surface area contributed by atoms with E-state index in [2.05, 4.69) is 9.59 Å². The molecule has 1 fully saturated rings. The summed E-state index contributed by atoms with van der Waals surface area (Å²) in [4.78, 5) is 38.2. The zero-order valence-corrected chi connectivity index (χ0v) is 14.5. The first-order chi connectivity index (χ1) is 12.1. The van der Waals surface area contributed by atoms with Gasteiger partial charge in [0.1, 0.15) is 0 Å². The normalized spacial score (nSPS) is 14.0. The molecule has 1 amide bonds. The van der Waals surface area contributed by atoms with Crippen molar-refractivity contribution >= 4 is 34.9 Å². The molecule has 8 heteroatoms. The van der Waals surface area contributed by atoms with Gasteiger partial charge >= 0.3 is 5.97 Å². The van der Waals surface area contributed by atoms with Crippen LogP contribution in [0.5, 0.6) is 0 Å². The summed E-state index contributed by atoms with van der Waals surface area (Å²) in [7, 11) is 0. The van der Waals surface area contributed by atoms with Gasteiger partial charge in [0.25, 0.3) is 0 Å². The number of amides is 1. The van der Waals surface area contributed by atoms with Gasteiger partial charge in [-0.25, -0.2) is 4.79 Å². The Labute approximate surface area is 148 Å². The largest absolute Gasteiger partial charge is 0.453 e. The molecule has 0 saturated carbocycles. The van der Waals surface area contributed by atoms with E-state index < -0.39 is 5.97 Å². The molecule has 1 aliphatic rings. The van der Waals surface area contributed by atoms with E-state index in [1.54, 1.807) is 29.2 Å². The third kappa shape index (κ3) is 3.74. The lowest BCUT2D eigenvalue weighted by Crippen LogP contribution is -2.24. The van der Waals surface area contributed by atoms with Gasteiger partial charge in [-0.1, -0.05) is 23.5 Å². The van der Waals surface area contributed by atoms with E-state index in [-0.39, 0.29) is 18.3 Å². The third-order valence-electron chi connectivity index (χ3n) is 3.96. The van der Waals surface area contributed by atoms with E-state index in [4.69, 9.17) is 4.74 Å². The van der Waals surface area contributed by atoms with Gasteiger partial charge in [-0.05, 0) is 36.5 Å². The second-order valence-corrected chi connectivity index (χ2v) is 6.35. The highest BCUT2D eigenvalue weighted by Gasteiger charge is 2.23. The molecule has 0 atom stereocenters. The van der Waals surface area contributed by atoms with E-state index in [0.717, 1.165) is 18.0 Å². The smallest absolute Gasteiger partial charge is 0.352 e. The van der Waals surface area contributed by atoms with Crippen LogP contribution in [0.4, 0.5) is 5.69 Å². The molecule has 0 bridgehead atoms. The number of benzene rings is 1. The number of carbonyl (C=O) groups excluding carboxylic acids is 3. The van der Waals surface area contributed by atoms with Crippen molar-refractivity contribution in [1.82, 2.24) is 9.59 Å². The Morgan fingerprint density at radius 2 is 2.20 bits per heavy atom.